The number of fused-ring (bicyclic) bond motifs is 1. The van der Waals surface area contributed by atoms with Crippen LogP contribution >= 0.6 is 0 Å². The van der Waals surface area contributed by atoms with E-state index >= 15 is 0 Å². The normalized spacial score (nSPS) is 15.3. The molecule has 1 atom stereocenters. The van der Waals surface area contributed by atoms with Crippen LogP contribution in [0.5, 0.6) is 5.75 Å². The highest BCUT2D eigenvalue weighted by atomic mass is 16.5. The minimum Gasteiger partial charge on any atom is -0.497 e. The van der Waals surface area contributed by atoms with E-state index in [1.165, 1.54) is 0 Å². The smallest absolute Gasteiger partial charge is 0.325 e. The molecule has 1 aromatic carbocycles. The van der Waals surface area contributed by atoms with Crippen LogP contribution in [0.15, 0.2) is 48.8 Å². The second-order valence-corrected chi connectivity index (χ2v) is 7.03. The highest BCUT2D eigenvalue weighted by Gasteiger charge is 2.30. The first-order chi connectivity index (χ1) is 14.2. The molecular weight excluding hydrogens is 370 g/mol. The monoisotopic (exact) mass is 393 g/mol. The zero-order chi connectivity index (χ0) is 20.2. The zero-order valence-corrected chi connectivity index (χ0v) is 16.2. The number of nitrogens with zero attached hydrogens (tertiary/aromatic N) is 5. The van der Waals surface area contributed by atoms with Gasteiger partial charge in [-0.3, -0.25) is 14.7 Å². The van der Waals surface area contributed by atoms with Crippen LogP contribution in [0.25, 0.3) is 0 Å². The van der Waals surface area contributed by atoms with Gasteiger partial charge in [0.05, 0.1) is 7.11 Å². The molecule has 4 rings (SSSR count). The highest BCUT2D eigenvalue weighted by Crippen LogP contribution is 2.26. The van der Waals surface area contributed by atoms with Crippen molar-refractivity contribution in [1.29, 1.82) is 0 Å². The van der Waals surface area contributed by atoms with Gasteiger partial charge in [0.15, 0.2) is 0 Å². The summed E-state index contributed by atoms with van der Waals surface area (Å²) in [5, 5.41) is 18.6. The van der Waals surface area contributed by atoms with Crippen LogP contribution in [-0.2, 0) is 24.2 Å². The van der Waals surface area contributed by atoms with Crippen molar-refractivity contribution in [2.45, 2.75) is 25.4 Å². The lowest BCUT2D eigenvalue weighted by atomic mass is 10.0. The molecule has 0 bridgehead atoms. The molecule has 0 fully saturated rings. The second kappa shape index (κ2) is 8.40. The Morgan fingerprint density at radius 2 is 2.10 bits per heavy atom. The van der Waals surface area contributed by atoms with Crippen molar-refractivity contribution in [1.82, 2.24) is 24.6 Å². The fourth-order valence-corrected chi connectivity index (χ4v) is 3.79. The summed E-state index contributed by atoms with van der Waals surface area (Å²) in [6.07, 6.45) is 4.87. The summed E-state index contributed by atoms with van der Waals surface area (Å²) < 4.78 is 7.38. The third kappa shape index (κ3) is 4.12. The number of aromatic nitrogens is 4. The molecule has 0 aliphatic carbocycles. The summed E-state index contributed by atoms with van der Waals surface area (Å²) in [6.45, 7) is 1.84. The molecule has 8 heteroatoms. The minimum atomic E-state index is -0.869. The number of carboxylic acid groups (broad SMARTS) is 1. The van der Waals surface area contributed by atoms with Gasteiger partial charge in [-0.1, -0.05) is 18.2 Å². The number of rotatable bonds is 6. The van der Waals surface area contributed by atoms with E-state index in [4.69, 9.17) is 4.74 Å². The van der Waals surface area contributed by atoms with Gasteiger partial charge in [-0.2, -0.15) is 0 Å². The van der Waals surface area contributed by atoms with Crippen molar-refractivity contribution in [3.63, 3.8) is 0 Å². The molecule has 3 aromatic rings. The van der Waals surface area contributed by atoms with Crippen LogP contribution < -0.4 is 4.74 Å². The summed E-state index contributed by atoms with van der Waals surface area (Å²) in [5.74, 6) is 1.55. The van der Waals surface area contributed by atoms with Crippen LogP contribution in [0.4, 0.5) is 0 Å². The summed E-state index contributed by atoms with van der Waals surface area (Å²) in [4.78, 5) is 18.2. The standard InChI is InChI=1S/C21H23N5O3/c1-29-17-6-2-5-16(13-17)20(21(27)28)25-9-7-18-23-24-19(26(18)11-10-25)12-15-4-3-8-22-14-15/h2-6,8,13-14,20H,7,9-12H2,1H3,(H,27,28). The number of methoxy groups -OCH3 is 1. The second-order valence-electron chi connectivity index (χ2n) is 7.03. The van der Waals surface area contributed by atoms with Crippen molar-refractivity contribution in [3.05, 3.63) is 71.6 Å². The Balaban J connectivity index is 1.54. The van der Waals surface area contributed by atoms with E-state index < -0.39 is 12.0 Å². The van der Waals surface area contributed by atoms with Crippen molar-refractivity contribution >= 4 is 5.97 Å². The van der Waals surface area contributed by atoms with Gasteiger partial charge < -0.3 is 14.4 Å². The van der Waals surface area contributed by atoms with E-state index in [1.807, 2.05) is 41.4 Å². The number of carbonyl (C=O) groups is 1. The Morgan fingerprint density at radius 1 is 1.21 bits per heavy atom. The molecule has 0 saturated carbocycles. The molecule has 8 nitrogen and oxygen atoms in total. The molecule has 29 heavy (non-hydrogen) atoms. The minimum absolute atomic E-state index is 0.596. The van der Waals surface area contributed by atoms with Crippen LogP contribution in [0.3, 0.4) is 0 Å². The molecule has 1 unspecified atom stereocenters. The van der Waals surface area contributed by atoms with E-state index in [9.17, 15) is 9.90 Å². The predicted molar refractivity (Wildman–Crippen MR) is 106 cm³/mol. The largest absolute Gasteiger partial charge is 0.497 e. The molecule has 1 aliphatic rings. The van der Waals surface area contributed by atoms with Gasteiger partial charge in [0, 0.05) is 44.9 Å². The number of pyridine rings is 1. The van der Waals surface area contributed by atoms with Gasteiger partial charge in [-0.15, -0.1) is 10.2 Å². The first-order valence-electron chi connectivity index (χ1n) is 9.56. The molecule has 2 aromatic heterocycles. The number of benzene rings is 1. The Morgan fingerprint density at radius 3 is 2.86 bits per heavy atom. The van der Waals surface area contributed by atoms with Crippen molar-refractivity contribution in [3.8, 4) is 5.75 Å². The van der Waals surface area contributed by atoms with E-state index in [1.54, 1.807) is 19.4 Å². The van der Waals surface area contributed by atoms with Crippen LogP contribution in [0.1, 0.15) is 28.8 Å². The molecule has 0 amide bonds. The van der Waals surface area contributed by atoms with Crippen molar-refractivity contribution in [2.75, 3.05) is 20.2 Å². The molecule has 150 valence electrons. The summed E-state index contributed by atoms with van der Waals surface area (Å²) >= 11 is 0. The zero-order valence-electron chi connectivity index (χ0n) is 16.2. The van der Waals surface area contributed by atoms with Crippen LogP contribution in [-0.4, -0.2) is 55.9 Å². The summed E-state index contributed by atoms with van der Waals surface area (Å²) in [6, 6.07) is 10.4. The van der Waals surface area contributed by atoms with Gasteiger partial charge in [-0.25, -0.2) is 0 Å². The average molecular weight is 393 g/mol. The fourth-order valence-electron chi connectivity index (χ4n) is 3.79. The highest BCUT2D eigenvalue weighted by molar-refractivity contribution is 5.75. The molecular formula is C21H23N5O3. The maximum atomic E-state index is 12.1. The molecule has 0 spiro atoms. The first kappa shape index (κ1) is 19.1. The lowest BCUT2D eigenvalue weighted by Crippen LogP contribution is -2.36. The maximum absolute atomic E-state index is 12.1. The van der Waals surface area contributed by atoms with Gasteiger partial charge in [0.25, 0.3) is 0 Å². The molecule has 3 heterocycles. The predicted octanol–water partition coefficient (Wildman–Crippen LogP) is 1.96. The first-order valence-corrected chi connectivity index (χ1v) is 9.56. The van der Waals surface area contributed by atoms with Crippen LogP contribution in [0.2, 0.25) is 0 Å². The number of carboxylic acids is 1. The Labute approximate surface area is 168 Å². The quantitative estimate of drug-likeness (QED) is 0.684. The SMILES string of the molecule is COc1cccc(C(C(=O)O)N2CCc3nnc(Cc4cccnc4)n3CC2)c1. The van der Waals surface area contributed by atoms with E-state index in [-0.39, 0.29) is 0 Å². The fraction of sp³-hybridized carbons (Fsp3) is 0.333. The third-order valence-electron chi connectivity index (χ3n) is 5.23. The lowest BCUT2D eigenvalue weighted by Gasteiger charge is -2.27. The Hall–Kier alpha value is -3.26. The van der Waals surface area contributed by atoms with Gasteiger partial charge >= 0.3 is 5.97 Å². The summed E-state index contributed by atoms with van der Waals surface area (Å²) in [5.41, 5.74) is 1.79. The van der Waals surface area contributed by atoms with E-state index in [0.29, 0.717) is 43.8 Å². The molecule has 0 saturated heterocycles. The number of ether oxygens (including phenoxy) is 1. The topological polar surface area (TPSA) is 93.4 Å². The number of hydrogen-bond donors (Lipinski definition) is 1. The molecule has 0 radical (unpaired) electrons. The lowest BCUT2D eigenvalue weighted by molar-refractivity contribution is -0.143. The van der Waals surface area contributed by atoms with Crippen LogP contribution in [0, 0.1) is 0 Å². The average Bonchev–Trinajstić information content (AvgIpc) is 2.99. The number of hydrogen-bond acceptors (Lipinski definition) is 6. The Kier molecular flexibility index (Phi) is 5.53. The number of aliphatic carboxylic acids is 1. The third-order valence-corrected chi connectivity index (χ3v) is 5.23. The molecule has 1 aliphatic heterocycles. The van der Waals surface area contributed by atoms with Gasteiger partial charge in [0.1, 0.15) is 23.4 Å². The van der Waals surface area contributed by atoms with Crippen molar-refractivity contribution in [2.24, 2.45) is 0 Å². The van der Waals surface area contributed by atoms with E-state index in [2.05, 4.69) is 19.7 Å². The summed E-state index contributed by atoms with van der Waals surface area (Å²) in [7, 11) is 1.58. The maximum Gasteiger partial charge on any atom is 0.325 e. The molecule has 1 N–H and O–H groups in total. The van der Waals surface area contributed by atoms with Gasteiger partial charge in [-0.05, 0) is 29.3 Å². The Bertz CT molecular complexity index is 989. The van der Waals surface area contributed by atoms with Gasteiger partial charge in [0.2, 0.25) is 0 Å². The van der Waals surface area contributed by atoms with E-state index in [0.717, 1.165) is 17.2 Å². The van der Waals surface area contributed by atoms with Crippen molar-refractivity contribution < 1.29 is 14.6 Å².